The molecule has 0 radical (unpaired) electrons. The van der Waals surface area contributed by atoms with Crippen LogP contribution in [0, 0.1) is 5.82 Å². The lowest BCUT2D eigenvalue weighted by molar-refractivity contribution is 0.626. The number of nitrogens with one attached hydrogen (secondary N) is 2. The summed E-state index contributed by atoms with van der Waals surface area (Å²) < 4.78 is 12.9. The first-order valence-electron chi connectivity index (χ1n) is 6.32. The molecule has 2 aromatic carbocycles. The number of fused-ring (bicyclic) bond motifs is 1. The van der Waals surface area contributed by atoms with Gasteiger partial charge in [-0.3, -0.25) is 9.59 Å². The lowest BCUT2D eigenvalue weighted by Gasteiger charge is -2.13. The van der Waals surface area contributed by atoms with E-state index in [0.717, 1.165) is 11.1 Å². The predicted molar refractivity (Wildman–Crippen MR) is 77.6 cm³/mol. The molecule has 3 aromatic rings. The zero-order valence-electron chi connectivity index (χ0n) is 10.9. The summed E-state index contributed by atoms with van der Waals surface area (Å²) in [5.74, 6) is -0.327. The molecule has 5 nitrogen and oxygen atoms in total. The topological polar surface area (TPSA) is 91.7 Å². The molecule has 21 heavy (non-hydrogen) atoms. The number of rotatable bonds is 2. The molecule has 1 atom stereocenters. The molecule has 4 N–H and O–H groups in total. The number of aromatic nitrogens is 2. The molecule has 0 spiro atoms. The summed E-state index contributed by atoms with van der Waals surface area (Å²) in [7, 11) is 0. The summed E-state index contributed by atoms with van der Waals surface area (Å²) in [6.07, 6.45) is 0. The number of halogens is 1. The van der Waals surface area contributed by atoms with E-state index in [1.54, 1.807) is 30.3 Å². The summed E-state index contributed by atoms with van der Waals surface area (Å²) in [6, 6.07) is 10.6. The van der Waals surface area contributed by atoms with Crippen LogP contribution >= 0.6 is 0 Å². The first kappa shape index (κ1) is 13.3. The van der Waals surface area contributed by atoms with Crippen molar-refractivity contribution in [3.8, 4) is 0 Å². The zero-order chi connectivity index (χ0) is 15.0. The highest BCUT2D eigenvalue weighted by atomic mass is 19.1. The molecule has 0 amide bonds. The average molecular weight is 285 g/mol. The van der Waals surface area contributed by atoms with Crippen LogP contribution < -0.4 is 16.9 Å². The van der Waals surface area contributed by atoms with Crippen molar-refractivity contribution in [2.24, 2.45) is 5.73 Å². The first-order chi connectivity index (χ1) is 10.0. The van der Waals surface area contributed by atoms with Crippen LogP contribution in [0.5, 0.6) is 0 Å². The van der Waals surface area contributed by atoms with Crippen molar-refractivity contribution in [3.05, 3.63) is 80.1 Å². The molecule has 6 heteroatoms. The van der Waals surface area contributed by atoms with Gasteiger partial charge in [0.15, 0.2) is 0 Å². The Hall–Kier alpha value is -2.73. The fourth-order valence-electron chi connectivity index (χ4n) is 2.19. The summed E-state index contributed by atoms with van der Waals surface area (Å²) in [4.78, 5) is 27.6. The Labute approximate surface area is 118 Å². The molecule has 0 saturated heterocycles. The van der Waals surface area contributed by atoms with Crippen LogP contribution in [0.1, 0.15) is 17.2 Å². The Bertz CT molecular complexity index is 913. The minimum atomic E-state index is -0.713. The van der Waals surface area contributed by atoms with Gasteiger partial charge >= 0.3 is 11.1 Å². The molecule has 0 aliphatic heterocycles. The van der Waals surface area contributed by atoms with Gasteiger partial charge < -0.3 is 15.7 Å². The van der Waals surface area contributed by atoms with Gasteiger partial charge in [0.05, 0.1) is 17.1 Å². The van der Waals surface area contributed by atoms with Crippen molar-refractivity contribution >= 4 is 11.0 Å². The second-order valence-electron chi connectivity index (χ2n) is 4.74. The fraction of sp³-hybridized carbons (Fsp3) is 0.0667. The monoisotopic (exact) mass is 285 g/mol. The summed E-state index contributed by atoms with van der Waals surface area (Å²) >= 11 is 0. The molecule has 3 rings (SSSR count). The number of H-pyrrole nitrogens is 2. The van der Waals surface area contributed by atoms with Crippen molar-refractivity contribution < 1.29 is 4.39 Å². The van der Waals surface area contributed by atoms with E-state index in [2.05, 4.69) is 9.97 Å². The molecule has 0 bridgehead atoms. The Morgan fingerprint density at radius 3 is 2.10 bits per heavy atom. The number of nitrogens with two attached hydrogens (primary N) is 1. The Morgan fingerprint density at radius 2 is 1.43 bits per heavy atom. The standard InChI is InChI=1S/C15H12FN3O2/c16-10-4-1-8(2-5-10)13(17)9-3-6-11-12(7-9)19-15(21)14(20)18-11/h1-7,13H,17H2,(H,18,20)(H,19,21). The molecule has 0 saturated carbocycles. The average Bonchev–Trinajstić information content (AvgIpc) is 2.48. The highest BCUT2D eigenvalue weighted by Crippen LogP contribution is 2.21. The third-order valence-corrected chi connectivity index (χ3v) is 3.33. The van der Waals surface area contributed by atoms with Crippen LogP contribution in [0.25, 0.3) is 11.0 Å². The van der Waals surface area contributed by atoms with Crippen molar-refractivity contribution in [3.63, 3.8) is 0 Å². The number of hydrogen-bond acceptors (Lipinski definition) is 3. The minimum Gasteiger partial charge on any atom is -0.320 e. The van der Waals surface area contributed by atoms with Crippen molar-refractivity contribution in [1.29, 1.82) is 0 Å². The molecule has 0 aliphatic rings. The molecule has 106 valence electrons. The summed E-state index contributed by atoms with van der Waals surface area (Å²) in [5.41, 5.74) is 7.25. The number of hydrogen-bond donors (Lipinski definition) is 3. The van der Waals surface area contributed by atoms with Crippen LogP contribution in [0.2, 0.25) is 0 Å². The summed E-state index contributed by atoms with van der Waals surface area (Å²) in [6.45, 7) is 0. The Kier molecular flexibility index (Phi) is 3.15. The van der Waals surface area contributed by atoms with Crippen molar-refractivity contribution in [2.75, 3.05) is 0 Å². The second kappa shape index (κ2) is 4.99. The molecular weight excluding hydrogens is 273 g/mol. The molecule has 0 aliphatic carbocycles. The highest BCUT2D eigenvalue weighted by Gasteiger charge is 2.10. The van der Waals surface area contributed by atoms with E-state index in [9.17, 15) is 14.0 Å². The Morgan fingerprint density at radius 1 is 0.857 bits per heavy atom. The molecule has 1 unspecified atom stereocenters. The van der Waals surface area contributed by atoms with E-state index in [1.165, 1.54) is 12.1 Å². The van der Waals surface area contributed by atoms with E-state index in [-0.39, 0.29) is 5.82 Å². The van der Waals surface area contributed by atoms with E-state index in [4.69, 9.17) is 5.73 Å². The summed E-state index contributed by atoms with van der Waals surface area (Å²) in [5, 5.41) is 0. The maximum atomic E-state index is 12.9. The van der Waals surface area contributed by atoms with Gasteiger partial charge in [-0.1, -0.05) is 18.2 Å². The maximum Gasteiger partial charge on any atom is 0.314 e. The van der Waals surface area contributed by atoms with E-state index < -0.39 is 17.2 Å². The van der Waals surface area contributed by atoms with Crippen LogP contribution in [0.4, 0.5) is 4.39 Å². The normalized spacial score (nSPS) is 12.5. The van der Waals surface area contributed by atoms with Gasteiger partial charge in [0.2, 0.25) is 0 Å². The minimum absolute atomic E-state index is 0.327. The second-order valence-corrected chi connectivity index (χ2v) is 4.74. The van der Waals surface area contributed by atoms with Crippen LogP contribution in [-0.2, 0) is 0 Å². The SMILES string of the molecule is NC(c1ccc(F)cc1)c1ccc2[nH]c(=O)c(=O)[nH]c2c1. The van der Waals surface area contributed by atoms with Crippen molar-refractivity contribution in [1.82, 2.24) is 9.97 Å². The van der Waals surface area contributed by atoms with Gasteiger partial charge in [-0.25, -0.2) is 4.39 Å². The van der Waals surface area contributed by atoms with Crippen LogP contribution in [0.15, 0.2) is 52.1 Å². The highest BCUT2D eigenvalue weighted by molar-refractivity contribution is 5.74. The lowest BCUT2D eigenvalue weighted by atomic mass is 9.99. The fourth-order valence-corrected chi connectivity index (χ4v) is 2.19. The van der Waals surface area contributed by atoms with Crippen LogP contribution in [-0.4, -0.2) is 9.97 Å². The molecule has 1 heterocycles. The third kappa shape index (κ3) is 2.48. The molecule has 1 aromatic heterocycles. The maximum absolute atomic E-state index is 12.9. The van der Waals surface area contributed by atoms with Gasteiger partial charge in [0.1, 0.15) is 5.82 Å². The van der Waals surface area contributed by atoms with Gasteiger partial charge in [-0.2, -0.15) is 0 Å². The number of aromatic amines is 2. The van der Waals surface area contributed by atoms with Gasteiger partial charge in [0, 0.05) is 0 Å². The van der Waals surface area contributed by atoms with Gasteiger partial charge in [-0.15, -0.1) is 0 Å². The quantitative estimate of drug-likeness (QED) is 0.621. The molecular formula is C15H12FN3O2. The lowest BCUT2D eigenvalue weighted by Crippen LogP contribution is -2.29. The zero-order valence-corrected chi connectivity index (χ0v) is 10.9. The van der Waals surface area contributed by atoms with E-state index in [1.807, 2.05) is 0 Å². The van der Waals surface area contributed by atoms with E-state index >= 15 is 0 Å². The predicted octanol–water partition coefficient (Wildman–Crippen LogP) is 1.40. The van der Waals surface area contributed by atoms with Crippen LogP contribution in [0.3, 0.4) is 0 Å². The molecule has 0 fully saturated rings. The van der Waals surface area contributed by atoms with Crippen molar-refractivity contribution in [2.45, 2.75) is 6.04 Å². The largest absolute Gasteiger partial charge is 0.320 e. The smallest absolute Gasteiger partial charge is 0.314 e. The van der Waals surface area contributed by atoms with Gasteiger partial charge in [-0.05, 0) is 35.4 Å². The van der Waals surface area contributed by atoms with E-state index in [0.29, 0.717) is 11.0 Å². The van der Waals surface area contributed by atoms with Gasteiger partial charge in [0.25, 0.3) is 0 Å². The first-order valence-corrected chi connectivity index (χ1v) is 6.32. The number of benzene rings is 2. The Balaban J connectivity index is 2.08. The third-order valence-electron chi connectivity index (χ3n) is 3.33.